The fraction of sp³-hybridized carbons (Fsp3) is 0.217. The molecule has 178 valence electrons. The second-order valence-electron chi connectivity index (χ2n) is 6.70. The number of methoxy groups -OCH3 is 4. The molecule has 0 radical (unpaired) electrons. The first-order valence-electron chi connectivity index (χ1n) is 9.82. The number of hydrogen-bond donors (Lipinski definition) is 1. The van der Waals surface area contributed by atoms with Crippen molar-refractivity contribution in [1.29, 1.82) is 0 Å². The minimum absolute atomic E-state index is 0.0476. The number of esters is 2. The number of carbonyl (C=O) groups is 3. The maximum atomic E-state index is 12.8. The van der Waals surface area contributed by atoms with Crippen LogP contribution in [0, 0.1) is 0 Å². The summed E-state index contributed by atoms with van der Waals surface area (Å²) in [6, 6.07) is 11.6. The second-order valence-corrected chi connectivity index (χ2v) is 6.70. The highest BCUT2D eigenvalue weighted by Gasteiger charge is 2.32. The van der Waals surface area contributed by atoms with Crippen LogP contribution in [0.5, 0.6) is 17.2 Å². The van der Waals surface area contributed by atoms with E-state index in [1.165, 1.54) is 45.3 Å². The monoisotopic (exact) mass is 470 g/mol. The number of para-hydroxylation sites is 1. The van der Waals surface area contributed by atoms with Crippen molar-refractivity contribution < 1.29 is 43.2 Å². The molecule has 3 rings (SSSR count). The molecule has 0 fully saturated rings. The van der Waals surface area contributed by atoms with Gasteiger partial charge in [0, 0.05) is 5.56 Å². The number of carboxylic acids is 1. The van der Waals surface area contributed by atoms with Crippen LogP contribution in [0.4, 0.5) is 0 Å². The highest BCUT2D eigenvalue weighted by Crippen LogP contribution is 2.42. The predicted molar refractivity (Wildman–Crippen MR) is 118 cm³/mol. The average Bonchev–Trinajstić information content (AvgIpc) is 3.27. The van der Waals surface area contributed by atoms with Crippen LogP contribution in [0.25, 0.3) is 16.9 Å². The zero-order valence-electron chi connectivity index (χ0n) is 18.9. The molecule has 0 saturated heterocycles. The molecule has 1 heterocycles. The number of aliphatic carboxylic acids is 1. The van der Waals surface area contributed by atoms with E-state index in [2.05, 4.69) is 5.10 Å². The lowest BCUT2D eigenvalue weighted by molar-refractivity contribution is -0.139. The molecule has 1 aromatic heterocycles. The van der Waals surface area contributed by atoms with Gasteiger partial charge in [0.15, 0.2) is 23.8 Å². The maximum Gasteiger partial charge on any atom is 0.357 e. The van der Waals surface area contributed by atoms with E-state index < -0.39 is 24.5 Å². The zero-order valence-corrected chi connectivity index (χ0v) is 18.9. The van der Waals surface area contributed by atoms with Crippen molar-refractivity contribution in [1.82, 2.24) is 9.78 Å². The van der Waals surface area contributed by atoms with Crippen molar-refractivity contribution in [2.45, 2.75) is 0 Å². The summed E-state index contributed by atoms with van der Waals surface area (Å²) in [6.07, 6.45) is 0. The molecule has 0 aliphatic rings. The minimum atomic E-state index is -1.19. The van der Waals surface area contributed by atoms with Crippen LogP contribution in [0.15, 0.2) is 42.5 Å². The van der Waals surface area contributed by atoms with Crippen LogP contribution < -0.4 is 14.2 Å². The summed E-state index contributed by atoms with van der Waals surface area (Å²) in [5, 5.41) is 13.5. The standard InChI is InChI=1S/C23H22N2O9/c1-30-15-10-13(11-16(31-2)21(15)34-12-17(26)27)19-18(22(28)32-3)20(23(29)33-4)25(24-19)14-8-6-5-7-9-14/h5-11H,12H2,1-4H3,(H,26,27). The van der Waals surface area contributed by atoms with E-state index in [4.69, 9.17) is 28.8 Å². The number of aromatic nitrogens is 2. The molecular formula is C23H22N2O9. The van der Waals surface area contributed by atoms with Crippen molar-refractivity contribution in [2.75, 3.05) is 35.0 Å². The first-order chi connectivity index (χ1) is 16.4. The van der Waals surface area contributed by atoms with E-state index in [0.717, 1.165) is 0 Å². The van der Waals surface area contributed by atoms with Gasteiger partial charge in [0.1, 0.15) is 11.3 Å². The molecule has 34 heavy (non-hydrogen) atoms. The van der Waals surface area contributed by atoms with Gasteiger partial charge in [0.05, 0.1) is 34.1 Å². The van der Waals surface area contributed by atoms with Gasteiger partial charge >= 0.3 is 17.9 Å². The van der Waals surface area contributed by atoms with Gasteiger partial charge in [-0.05, 0) is 24.3 Å². The normalized spacial score (nSPS) is 10.4. The molecule has 1 N–H and O–H groups in total. The number of benzene rings is 2. The van der Waals surface area contributed by atoms with Crippen molar-refractivity contribution in [3.8, 4) is 34.2 Å². The summed E-state index contributed by atoms with van der Waals surface area (Å²) in [5.74, 6) is -2.51. The fourth-order valence-corrected chi connectivity index (χ4v) is 3.25. The molecule has 3 aromatic rings. The largest absolute Gasteiger partial charge is 0.493 e. The number of nitrogens with zero attached hydrogens (tertiary/aromatic N) is 2. The lowest BCUT2D eigenvalue weighted by Crippen LogP contribution is -2.15. The fourth-order valence-electron chi connectivity index (χ4n) is 3.25. The Kier molecular flexibility index (Phi) is 7.36. The molecule has 0 amide bonds. The number of carbonyl (C=O) groups excluding carboxylic acids is 2. The van der Waals surface area contributed by atoms with E-state index >= 15 is 0 Å². The molecular weight excluding hydrogens is 448 g/mol. The van der Waals surface area contributed by atoms with Gasteiger partial charge in [-0.15, -0.1) is 0 Å². The quantitative estimate of drug-likeness (QED) is 0.465. The Bertz CT molecular complexity index is 1190. The Morgan fingerprint density at radius 2 is 1.50 bits per heavy atom. The smallest absolute Gasteiger partial charge is 0.357 e. The van der Waals surface area contributed by atoms with Gasteiger partial charge in [-0.1, -0.05) is 18.2 Å². The van der Waals surface area contributed by atoms with E-state index in [-0.39, 0.29) is 34.2 Å². The summed E-state index contributed by atoms with van der Waals surface area (Å²) < 4.78 is 27.2. The first-order valence-corrected chi connectivity index (χ1v) is 9.82. The third-order valence-corrected chi connectivity index (χ3v) is 4.73. The van der Waals surface area contributed by atoms with E-state index in [0.29, 0.717) is 11.3 Å². The van der Waals surface area contributed by atoms with Crippen LogP contribution in [0.3, 0.4) is 0 Å². The Hall–Kier alpha value is -4.54. The SMILES string of the molecule is COC(=O)c1c(-c2cc(OC)c(OCC(=O)O)c(OC)c2)nn(-c2ccccc2)c1C(=O)OC. The van der Waals surface area contributed by atoms with Gasteiger partial charge in [-0.25, -0.2) is 19.1 Å². The van der Waals surface area contributed by atoms with Gasteiger partial charge < -0.3 is 28.8 Å². The Morgan fingerprint density at radius 1 is 0.912 bits per heavy atom. The Labute approximate surface area is 194 Å². The number of hydrogen-bond acceptors (Lipinski definition) is 9. The summed E-state index contributed by atoms with van der Waals surface area (Å²) in [5.41, 5.74) is 0.620. The van der Waals surface area contributed by atoms with Gasteiger partial charge in [-0.2, -0.15) is 5.10 Å². The second kappa shape index (κ2) is 10.4. The van der Waals surface area contributed by atoms with Gasteiger partial charge in [0.2, 0.25) is 5.75 Å². The lowest BCUT2D eigenvalue weighted by atomic mass is 10.0. The van der Waals surface area contributed by atoms with E-state index in [1.807, 2.05) is 0 Å². The Balaban J connectivity index is 2.32. The molecule has 0 saturated carbocycles. The van der Waals surface area contributed by atoms with Crippen molar-refractivity contribution in [3.05, 3.63) is 53.7 Å². The third kappa shape index (κ3) is 4.63. The molecule has 0 unspecified atom stereocenters. The molecule has 0 bridgehead atoms. The Morgan fingerprint density at radius 3 is 2.00 bits per heavy atom. The first kappa shape index (κ1) is 24.1. The zero-order chi connectivity index (χ0) is 24.8. The predicted octanol–water partition coefficient (Wildman–Crippen LogP) is 2.59. The number of rotatable bonds is 9. The van der Waals surface area contributed by atoms with Gasteiger partial charge in [0.25, 0.3) is 0 Å². The summed E-state index contributed by atoms with van der Waals surface area (Å²) >= 11 is 0. The average molecular weight is 470 g/mol. The highest BCUT2D eigenvalue weighted by molar-refractivity contribution is 6.07. The maximum absolute atomic E-state index is 12.8. The topological polar surface area (TPSA) is 135 Å². The lowest BCUT2D eigenvalue weighted by Gasteiger charge is -2.15. The molecule has 0 atom stereocenters. The minimum Gasteiger partial charge on any atom is -0.493 e. The van der Waals surface area contributed by atoms with Crippen molar-refractivity contribution in [2.24, 2.45) is 0 Å². The third-order valence-electron chi connectivity index (χ3n) is 4.73. The molecule has 0 aliphatic heterocycles. The molecule has 0 spiro atoms. The van der Waals surface area contributed by atoms with Crippen LogP contribution >= 0.6 is 0 Å². The van der Waals surface area contributed by atoms with Crippen LogP contribution in [0.1, 0.15) is 20.8 Å². The molecule has 11 heteroatoms. The molecule has 11 nitrogen and oxygen atoms in total. The van der Waals surface area contributed by atoms with Gasteiger partial charge in [-0.3, -0.25) is 0 Å². The highest BCUT2D eigenvalue weighted by atomic mass is 16.5. The van der Waals surface area contributed by atoms with E-state index in [9.17, 15) is 14.4 Å². The number of carboxylic acid groups (broad SMARTS) is 1. The summed E-state index contributed by atoms with van der Waals surface area (Å²) in [7, 11) is 5.08. The van der Waals surface area contributed by atoms with Crippen LogP contribution in [-0.2, 0) is 14.3 Å². The summed E-state index contributed by atoms with van der Waals surface area (Å²) in [4.78, 5) is 36.5. The van der Waals surface area contributed by atoms with Crippen molar-refractivity contribution >= 4 is 17.9 Å². The molecule has 2 aromatic carbocycles. The van der Waals surface area contributed by atoms with Crippen molar-refractivity contribution in [3.63, 3.8) is 0 Å². The summed E-state index contributed by atoms with van der Waals surface area (Å²) in [6.45, 7) is -0.630. The van der Waals surface area contributed by atoms with Crippen LogP contribution in [-0.4, -0.2) is 67.8 Å². The number of ether oxygens (including phenoxy) is 5. The molecule has 0 aliphatic carbocycles. The van der Waals surface area contributed by atoms with E-state index in [1.54, 1.807) is 30.3 Å². The van der Waals surface area contributed by atoms with Crippen LogP contribution in [0.2, 0.25) is 0 Å².